The van der Waals surface area contributed by atoms with Gasteiger partial charge in [-0.2, -0.15) is 0 Å². The second-order valence-electron chi connectivity index (χ2n) is 21.7. The van der Waals surface area contributed by atoms with Gasteiger partial charge < -0.3 is 23.7 Å². The summed E-state index contributed by atoms with van der Waals surface area (Å²) in [6.07, 6.45) is 15.6. The Morgan fingerprint density at radius 1 is 0.625 bits per heavy atom. The van der Waals surface area contributed by atoms with Crippen LogP contribution in [-0.4, -0.2) is 24.5 Å². The van der Waals surface area contributed by atoms with E-state index in [9.17, 15) is 14.4 Å². The van der Waals surface area contributed by atoms with Crippen LogP contribution in [0.15, 0.2) is 84.9 Å². The van der Waals surface area contributed by atoms with Crippen LogP contribution in [0.4, 0.5) is 0 Å². The summed E-state index contributed by atoms with van der Waals surface area (Å²) >= 11 is 0. The molecule has 10 atom stereocenters. The van der Waals surface area contributed by atoms with Crippen LogP contribution < -0.4 is 9.47 Å². The molecule has 4 aliphatic carbocycles. The van der Waals surface area contributed by atoms with Crippen LogP contribution in [0.5, 0.6) is 23.0 Å². The van der Waals surface area contributed by atoms with E-state index in [-0.39, 0.29) is 22.5 Å². The van der Waals surface area contributed by atoms with Gasteiger partial charge in [-0.05, 0) is 182 Å². The molecule has 8 nitrogen and oxygen atoms in total. The van der Waals surface area contributed by atoms with Gasteiger partial charge in [-0.1, -0.05) is 78.1 Å². The summed E-state index contributed by atoms with van der Waals surface area (Å²) in [5, 5.41) is 0. The summed E-state index contributed by atoms with van der Waals surface area (Å²) in [6.45, 7) is 13.1. The number of fused-ring (bicyclic) bond motifs is 8. The smallest absolute Gasteiger partial charge is 0.347 e. The lowest BCUT2D eigenvalue weighted by molar-refractivity contribution is -0.122. The third kappa shape index (κ3) is 6.74. The minimum absolute atomic E-state index is 0.214. The van der Waals surface area contributed by atoms with Crippen LogP contribution in [0, 0.1) is 52.3 Å². The Morgan fingerprint density at radius 2 is 1.25 bits per heavy atom. The molecule has 4 aromatic carbocycles. The monoisotopic (exact) mass is 862 g/mol. The van der Waals surface area contributed by atoms with Gasteiger partial charge >= 0.3 is 17.9 Å². The highest BCUT2D eigenvalue weighted by Crippen LogP contribution is 2.70. The molecule has 0 bridgehead atoms. The molecule has 0 aromatic heterocycles. The number of hydrogen-bond acceptors (Lipinski definition) is 8. The molecule has 4 saturated carbocycles. The molecule has 0 radical (unpaired) electrons. The van der Waals surface area contributed by atoms with Gasteiger partial charge in [0.2, 0.25) is 0 Å². The molecule has 5 fully saturated rings. The molecule has 0 amide bonds. The minimum Gasteiger partial charge on any atom is -0.457 e. The van der Waals surface area contributed by atoms with Gasteiger partial charge in [0.15, 0.2) is 0 Å². The van der Waals surface area contributed by atoms with Crippen molar-refractivity contribution >= 4 is 17.9 Å². The summed E-state index contributed by atoms with van der Waals surface area (Å²) in [4.78, 5) is 37.0. The van der Waals surface area contributed by atoms with Crippen molar-refractivity contribution in [2.45, 2.75) is 123 Å². The largest absolute Gasteiger partial charge is 0.457 e. The van der Waals surface area contributed by atoms with Crippen molar-refractivity contribution in [2.24, 2.45) is 52.3 Å². The number of carbonyl (C=O) groups is 3. The van der Waals surface area contributed by atoms with E-state index >= 15 is 0 Å². The molecule has 1 spiro atoms. The molecule has 0 N–H and O–H groups in total. The van der Waals surface area contributed by atoms with E-state index in [4.69, 9.17) is 23.7 Å². The Kier molecular flexibility index (Phi) is 9.99. The third-order valence-electron chi connectivity index (χ3n) is 18.1. The molecular formula is C56H62O8. The molecule has 10 unspecified atom stereocenters. The van der Waals surface area contributed by atoms with E-state index < -0.39 is 17.7 Å². The lowest BCUT2D eigenvalue weighted by atomic mass is 9.42. The number of benzene rings is 4. The first kappa shape index (κ1) is 41.7. The van der Waals surface area contributed by atoms with Crippen molar-refractivity contribution in [3.8, 4) is 23.0 Å². The van der Waals surface area contributed by atoms with Gasteiger partial charge in [0.05, 0.1) is 16.7 Å². The number of epoxide rings is 1. The summed E-state index contributed by atoms with van der Waals surface area (Å²) < 4.78 is 28.4. The molecule has 7 aliphatic rings. The van der Waals surface area contributed by atoms with Crippen molar-refractivity contribution < 1.29 is 38.1 Å². The topological polar surface area (TPSA) is 101 Å². The van der Waals surface area contributed by atoms with Crippen LogP contribution in [0.1, 0.15) is 159 Å². The van der Waals surface area contributed by atoms with E-state index in [2.05, 4.69) is 71.0 Å². The molecule has 1 saturated heterocycles. The standard InChI is InChI=1S/C56H62O8/c1-33(2)7-6-8-34(3)46-23-24-47-43-20-13-37-31-55(28-27-53(37,4)48(43)25-26-54(46,47)5,35-9-14-38(15-10-35)61-40-18-21-42-44(29-40)51(58)63-50(42)57)36-11-16-39(17-12-36)62-41-19-22-49-45(30-41)52(59)64-56(49)32-60-56/h9-12,14-19,21-22,29-30,33-34,37,43,46-48H,6-8,13,20,23-28,31-32H2,1-5H3. The van der Waals surface area contributed by atoms with E-state index in [1.807, 2.05) is 24.3 Å². The number of rotatable bonds is 11. The second kappa shape index (κ2) is 15.3. The number of ether oxygens (including phenoxy) is 5. The van der Waals surface area contributed by atoms with Crippen LogP contribution in [0.2, 0.25) is 0 Å². The van der Waals surface area contributed by atoms with Gasteiger partial charge in [-0.25, -0.2) is 14.4 Å². The van der Waals surface area contributed by atoms with Crippen molar-refractivity contribution in [2.75, 3.05) is 6.61 Å². The highest BCUT2D eigenvalue weighted by molar-refractivity contribution is 6.14. The van der Waals surface area contributed by atoms with Gasteiger partial charge in [0.1, 0.15) is 29.6 Å². The minimum atomic E-state index is -0.901. The average Bonchev–Trinajstić information content (AvgIpc) is 3.78. The van der Waals surface area contributed by atoms with Crippen LogP contribution in [0.3, 0.4) is 0 Å². The highest BCUT2D eigenvalue weighted by Gasteiger charge is 2.62. The quantitative estimate of drug-likeness (QED) is 0.0835. The number of esters is 3. The Bertz CT molecular complexity index is 2500. The number of hydrogen-bond donors (Lipinski definition) is 0. The van der Waals surface area contributed by atoms with Gasteiger partial charge in [-0.3, -0.25) is 0 Å². The van der Waals surface area contributed by atoms with Crippen molar-refractivity contribution in [1.82, 2.24) is 0 Å². The molecule has 11 rings (SSSR count). The first-order valence-corrected chi connectivity index (χ1v) is 24.3. The Balaban J connectivity index is 0.862. The molecule has 8 heteroatoms. The lowest BCUT2D eigenvalue weighted by Crippen LogP contribution is -2.55. The van der Waals surface area contributed by atoms with Crippen molar-refractivity contribution in [1.29, 1.82) is 0 Å². The fraction of sp³-hybridized carbons (Fsp3) is 0.518. The summed E-state index contributed by atoms with van der Waals surface area (Å²) in [6, 6.07) is 27.6. The molecule has 3 heterocycles. The first-order valence-electron chi connectivity index (χ1n) is 24.3. The van der Waals surface area contributed by atoms with Gasteiger partial charge in [0.25, 0.3) is 5.79 Å². The normalized spacial score (nSPS) is 33.7. The van der Waals surface area contributed by atoms with E-state index in [1.54, 1.807) is 24.3 Å². The number of cyclic esters (lactones) is 2. The zero-order valence-corrected chi connectivity index (χ0v) is 38.1. The molecule has 3 aliphatic heterocycles. The Hall–Kier alpha value is -4.95. The van der Waals surface area contributed by atoms with Gasteiger partial charge in [0, 0.05) is 11.0 Å². The molecule has 4 aromatic rings. The zero-order valence-electron chi connectivity index (χ0n) is 38.1. The SMILES string of the molecule is CC(C)CCCC(C)C1CCC2C3CCC4CC(c5ccc(Oc6ccc7c(c6)C(=O)OC7=O)cc5)(c5ccc(Oc6ccc7c(c6)C(=O)OC76CO6)cc5)CCC4(C)C3CCC12C. The molecular weight excluding hydrogens is 801 g/mol. The van der Waals surface area contributed by atoms with Crippen molar-refractivity contribution in [3.63, 3.8) is 0 Å². The van der Waals surface area contributed by atoms with E-state index in [0.29, 0.717) is 51.9 Å². The maximum Gasteiger partial charge on any atom is 0.347 e. The van der Waals surface area contributed by atoms with E-state index in [0.717, 1.165) is 53.9 Å². The fourth-order valence-electron chi connectivity index (χ4n) is 14.7. The fourth-order valence-corrected chi connectivity index (χ4v) is 14.7. The van der Waals surface area contributed by atoms with Gasteiger partial charge in [-0.15, -0.1) is 0 Å². The predicted octanol–water partition coefficient (Wildman–Crippen LogP) is 13.3. The summed E-state index contributed by atoms with van der Waals surface area (Å²) in [7, 11) is 0. The van der Waals surface area contributed by atoms with Crippen LogP contribution in [0.25, 0.3) is 0 Å². The number of carbonyl (C=O) groups excluding carboxylic acids is 3. The molecule has 64 heavy (non-hydrogen) atoms. The average molecular weight is 863 g/mol. The maximum atomic E-state index is 12.6. The zero-order chi connectivity index (χ0) is 44.2. The lowest BCUT2D eigenvalue weighted by Gasteiger charge is -2.63. The molecule has 334 valence electrons. The van der Waals surface area contributed by atoms with Crippen LogP contribution in [-0.2, 0) is 25.4 Å². The van der Waals surface area contributed by atoms with E-state index in [1.165, 1.54) is 75.3 Å². The maximum absolute atomic E-state index is 12.6. The third-order valence-corrected chi connectivity index (χ3v) is 18.1. The Labute approximate surface area is 377 Å². The summed E-state index contributed by atoms with van der Waals surface area (Å²) in [5.41, 5.74) is 4.87. The summed E-state index contributed by atoms with van der Waals surface area (Å²) in [5.74, 6) is 5.41. The first-order chi connectivity index (χ1) is 30.8. The Morgan fingerprint density at radius 3 is 1.92 bits per heavy atom. The van der Waals surface area contributed by atoms with Crippen molar-refractivity contribution in [3.05, 3.63) is 118 Å². The predicted molar refractivity (Wildman–Crippen MR) is 243 cm³/mol. The van der Waals surface area contributed by atoms with Crippen LogP contribution >= 0.6 is 0 Å². The highest BCUT2D eigenvalue weighted by atomic mass is 16.8. The second-order valence-corrected chi connectivity index (χ2v) is 21.7.